The molecule has 1 aromatic heterocycles. The lowest BCUT2D eigenvalue weighted by atomic mass is 10.1. The van der Waals surface area contributed by atoms with Gasteiger partial charge in [0.1, 0.15) is 4.90 Å². The molecule has 3 rings (SSSR count). The Labute approximate surface area is 134 Å². The molecule has 0 aliphatic rings. The van der Waals surface area contributed by atoms with E-state index in [0.29, 0.717) is 11.1 Å². The average Bonchev–Trinajstić information content (AvgIpc) is 2.60. The van der Waals surface area contributed by atoms with Crippen molar-refractivity contribution in [3.05, 3.63) is 72.4 Å². The fraction of sp³-hybridized carbons (Fsp3) is 0.118. The monoisotopic (exact) mass is 328 g/mol. The van der Waals surface area contributed by atoms with Crippen LogP contribution >= 0.6 is 0 Å². The molecule has 2 N–H and O–H groups in total. The normalized spacial score (nSPS) is 13.1. The smallest absolute Gasteiger partial charge is 0.242 e. The number of rotatable bonds is 5. The van der Waals surface area contributed by atoms with Crippen LogP contribution in [0.2, 0.25) is 0 Å². The summed E-state index contributed by atoms with van der Waals surface area (Å²) < 4.78 is 27.5. The molecule has 118 valence electrons. The van der Waals surface area contributed by atoms with Crippen molar-refractivity contribution in [3.63, 3.8) is 0 Å². The Morgan fingerprint density at radius 2 is 1.74 bits per heavy atom. The number of hydrogen-bond acceptors (Lipinski definition) is 4. The number of hydrogen-bond donors (Lipinski definition) is 2. The summed E-state index contributed by atoms with van der Waals surface area (Å²) in [5.74, 6) is 0. The molecule has 0 amide bonds. The number of para-hydroxylation sites is 1. The number of aromatic nitrogens is 1. The first-order valence-electron chi connectivity index (χ1n) is 7.14. The van der Waals surface area contributed by atoms with Gasteiger partial charge in [0.25, 0.3) is 0 Å². The van der Waals surface area contributed by atoms with E-state index in [0.717, 1.165) is 5.39 Å². The molecule has 1 atom stereocenters. The van der Waals surface area contributed by atoms with Crippen molar-refractivity contribution in [1.82, 2.24) is 9.71 Å². The van der Waals surface area contributed by atoms with Gasteiger partial charge in [-0.15, -0.1) is 0 Å². The van der Waals surface area contributed by atoms with E-state index in [1.807, 2.05) is 6.07 Å². The highest BCUT2D eigenvalue weighted by atomic mass is 32.2. The maximum absolute atomic E-state index is 12.5. The van der Waals surface area contributed by atoms with Crippen LogP contribution in [0.5, 0.6) is 0 Å². The van der Waals surface area contributed by atoms with Crippen LogP contribution in [0.25, 0.3) is 10.9 Å². The molecule has 23 heavy (non-hydrogen) atoms. The molecule has 0 aliphatic heterocycles. The van der Waals surface area contributed by atoms with E-state index in [2.05, 4.69) is 9.71 Å². The fourth-order valence-electron chi connectivity index (χ4n) is 2.35. The largest absolute Gasteiger partial charge is 0.387 e. The lowest BCUT2D eigenvalue weighted by molar-refractivity contribution is 0.182. The van der Waals surface area contributed by atoms with Crippen molar-refractivity contribution in [1.29, 1.82) is 0 Å². The summed E-state index contributed by atoms with van der Waals surface area (Å²) in [5, 5.41) is 10.9. The van der Waals surface area contributed by atoms with Crippen LogP contribution in [0, 0.1) is 0 Å². The minimum atomic E-state index is -3.76. The molecule has 1 unspecified atom stereocenters. The van der Waals surface area contributed by atoms with Gasteiger partial charge in [0, 0.05) is 18.1 Å². The highest BCUT2D eigenvalue weighted by Gasteiger charge is 2.19. The number of nitrogens with zero attached hydrogens (tertiary/aromatic N) is 1. The maximum atomic E-state index is 12.5. The summed E-state index contributed by atoms with van der Waals surface area (Å²) in [6.45, 7) is -0.102. The van der Waals surface area contributed by atoms with E-state index in [1.54, 1.807) is 54.7 Å². The molecule has 0 saturated heterocycles. The van der Waals surface area contributed by atoms with Crippen LogP contribution in [-0.4, -0.2) is 25.1 Å². The molecule has 0 saturated carbocycles. The fourth-order valence-corrected chi connectivity index (χ4v) is 3.57. The van der Waals surface area contributed by atoms with Crippen LogP contribution in [0.15, 0.2) is 71.8 Å². The van der Waals surface area contributed by atoms with Crippen molar-refractivity contribution in [2.75, 3.05) is 6.54 Å². The third-order valence-electron chi connectivity index (χ3n) is 3.54. The highest BCUT2D eigenvalue weighted by molar-refractivity contribution is 7.89. The summed E-state index contributed by atoms with van der Waals surface area (Å²) in [4.78, 5) is 4.26. The van der Waals surface area contributed by atoms with Crippen molar-refractivity contribution >= 4 is 20.9 Å². The molecule has 1 heterocycles. The SMILES string of the molecule is O=S(=O)(NCC(O)c1ccccc1)c1cccc2cccnc12. The molecule has 0 fully saturated rings. The van der Waals surface area contributed by atoms with Crippen molar-refractivity contribution in [3.8, 4) is 0 Å². The summed E-state index contributed by atoms with van der Waals surface area (Å²) in [5.41, 5.74) is 1.07. The average molecular weight is 328 g/mol. The molecule has 6 heteroatoms. The van der Waals surface area contributed by atoms with Gasteiger partial charge in [0.05, 0.1) is 11.6 Å². The van der Waals surface area contributed by atoms with E-state index < -0.39 is 16.1 Å². The standard InChI is InChI=1S/C17H16N2O3S/c20-15(13-6-2-1-3-7-13)12-19-23(21,22)16-10-4-8-14-9-5-11-18-17(14)16/h1-11,15,19-20H,12H2. The zero-order chi connectivity index (χ0) is 16.3. The summed E-state index contributed by atoms with van der Waals surface area (Å²) in [6, 6.07) is 17.5. The van der Waals surface area contributed by atoms with Gasteiger partial charge in [0.2, 0.25) is 10.0 Å². The quantitative estimate of drug-likeness (QED) is 0.753. The Morgan fingerprint density at radius 1 is 1.00 bits per heavy atom. The van der Waals surface area contributed by atoms with Crippen LogP contribution in [0.1, 0.15) is 11.7 Å². The highest BCUT2D eigenvalue weighted by Crippen LogP contribution is 2.21. The van der Waals surface area contributed by atoms with Crippen LogP contribution in [0.4, 0.5) is 0 Å². The molecule has 2 aromatic carbocycles. The van der Waals surface area contributed by atoms with E-state index in [4.69, 9.17) is 0 Å². The minimum Gasteiger partial charge on any atom is -0.387 e. The van der Waals surface area contributed by atoms with Gasteiger partial charge in [-0.3, -0.25) is 4.98 Å². The number of pyridine rings is 1. The first-order chi connectivity index (χ1) is 11.1. The maximum Gasteiger partial charge on any atom is 0.242 e. The summed E-state index contributed by atoms with van der Waals surface area (Å²) in [7, 11) is -3.76. The zero-order valence-corrected chi connectivity index (χ0v) is 13.1. The Bertz CT molecular complexity index is 906. The van der Waals surface area contributed by atoms with Crippen LogP contribution in [0.3, 0.4) is 0 Å². The Morgan fingerprint density at radius 3 is 2.52 bits per heavy atom. The van der Waals surface area contributed by atoms with E-state index in [1.165, 1.54) is 6.07 Å². The van der Waals surface area contributed by atoms with Gasteiger partial charge in [-0.05, 0) is 17.7 Å². The lowest BCUT2D eigenvalue weighted by Gasteiger charge is -2.13. The second-order valence-electron chi connectivity index (χ2n) is 5.11. The van der Waals surface area contributed by atoms with Gasteiger partial charge >= 0.3 is 0 Å². The van der Waals surface area contributed by atoms with Gasteiger partial charge < -0.3 is 5.11 Å². The Kier molecular flexibility index (Phi) is 4.38. The van der Waals surface area contributed by atoms with Crippen LogP contribution < -0.4 is 4.72 Å². The number of aliphatic hydroxyl groups is 1. The summed E-state index contributed by atoms with van der Waals surface area (Å²) in [6.07, 6.45) is 0.647. The van der Waals surface area contributed by atoms with Gasteiger partial charge in [-0.2, -0.15) is 0 Å². The van der Waals surface area contributed by atoms with E-state index in [9.17, 15) is 13.5 Å². The number of fused-ring (bicyclic) bond motifs is 1. The van der Waals surface area contributed by atoms with Crippen molar-refractivity contribution in [2.45, 2.75) is 11.0 Å². The minimum absolute atomic E-state index is 0.102. The number of nitrogens with one attached hydrogen (secondary N) is 1. The predicted molar refractivity (Wildman–Crippen MR) is 88.3 cm³/mol. The molecule has 0 aliphatic carbocycles. The Hall–Kier alpha value is -2.28. The zero-order valence-electron chi connectivity index (χ0n) is 12.3. The second kappa shape index (κ2) is 6.45. The predicted octanol–water partition coefficient (Wildman–Crippen LogP) is 2.25. The van der Waals surface area contributed by atoms with Gasteiger partial charge in [0.15, 0.2) is 0 Å². The first-order valence-corrected chi connectivity index (χ1v) is 8.63. The van der Waals surface area contributed by atoms with Crippen molar-refractivity contribution in [2.24, 2.45) is 0 Å². The second-order valence-corrected chi connectivity index (χ2v) is 6.85. The number of aliphatic hydroxyl groups excluding tert-OH is 1. The van der Waals surface area contributed by atoms with Crippen LogP contribution in [-0.2, 0) is 10.0 Å². The van der Waals surface area contributed by atoms with Gasteiger partial charge in [-0.25, -0.2) is 13.1 Å². The molecule has 5 nitrogen and oxygen atoms in total. The van der Waals surface area contributed by atoms with E-state index in [-0.39, 0.29) is 11.4 Å². The first kappa shape index (κ1) is 15.6. The van der Waals surface area contributed by atoms with Gasteiger partial charge in [-0.1, -0.05) is 48.5 Å². The molecule has 0 radical (unpaired) electrons. The van der Waals surface area contributed by atoms with E-state index >= 15 is 0 Å². The third-order valence-corrected chi connectivity index (χ3v) is 4.99. The third kappa shape index (κ3) is 3.39. The molecular weight excluding hydrogens is 312 g/mol. The molecule has 0 spiro atoms. The number of benzene rings is 2. The molecule has 3 aromatic rings. The summed E-state index contributed by atoms with van der Waals surface area (Å²) >= 11 is 0. The lowest BCUT2D eigenvalue weighted by Crippen LogP contribution is -2.28. The topological polar surface area (TPSA) is 79.3 Å². The van der Waals surface area contributed by atoms with Crippen molar-refractivity contribution < 1.29 is 13.5 Å². The number of sulfonamides is 1. The molecular formula is C17H16N2O3S. The molecule has 0 bridgehead atoms. The Balaban J connectivity index is 1.84.